The Hall–Kier alpha value is -1.06. The van der Waals surface area contributed by atoms with Gasteiger partial charge in [-0.3, -0.25) is 4.79 Å². The molecule has 0 bridgehead atoms. The summed E-state index contributed by atoms with van der Waals surface area (Å²) in [5, 5.41) is 3.34. The van der Waals surface area contributed by atoms with Gasteiger partial charge in [0, 0.05) is 6.54 Å². The van der Waals surface area contributed by atoms with Crippen molar-refractivity contribution in [2.75, 3.05) is 19.7 Å². The van der Waals surface area contributed by atoms with E-state index in [1.165, 1.54) is 12.0 Å². The maximum atomic E-state index is 12.4. The lowest BCUT2D eigenvalue weighted by Crippen LogP contribution is -2.36. The number of ketones is 1. The zero-order valence-electron chi connectivity index (χ0n) is 12.5. The fourth-order valence-corrected chi connectivity index (χ4v) is 2.38. The van der Waals surface area contributed by atoms with Gasteiger partial charge in [0.05, 0.1) is 18.1 Å². The molecular weight excluding hydrogens is 274 g/mol. The van der Waals surface area contributed by atoms with Gasteiger partial charge in [0.15, 0.2) is 5.78 Å². The molecule has 0 saturated carbocycles. The number of hydrogen-bond acceptors (Lipinski definition) is 3. The van der Waals surface area contributed by atoms with E-state index in [0.29, 0.717) is 13.2 Å². The topological polar surface area (TPSA) is 38.3 Å². The van der Waals surface area contributed by atoms with Crippen LogP contribution in [0.3, 0.4) is 0 Å². The number of unbranched alkanes of at least 4 members (excludes halogenated alkanes) is 1. The minimum atomic E-state index is -0.0496. The number of hydrogen-bond donors (Lipinski definition) is 1. The molecule has 0 radical (unpaired) electrons. The van der Waals surface area contributed by atoms with Gasteiger partial charge in [-0.2, -0.15) is 0 Å². The SMILES string of the molecule is CCCCNCC1COc2c(ccc(C)c2C)C1=O.Cl. The van der Waals surface area contributed by atoms with E-state index in [9.17, 15) is 4.79 Å². The monoisotopic (exact) mass is 297 g/mol. The highest BCUT2D eigenvalue weighted by atomic mass is 35.5. The van der Waals surface area contributed by atoms with Crippen molar-refractivity contribution in [2.45, 2.75) is 33.6 Å². The Bertz CT molecular complexity index is 474. The second-order valence-corrected chi connectivity index (χ2v) is 5.31. The fourth-order valence-electron chi connectivity index (χ4n) is 2.38. The molecular formula is C16H24ClNO2. The summed E-state index contributed by atoms with van der Waals surface area (Å²) in [6.07, 6.45) is 2.32. The summed E-state index contributed by atoms with van der Waals surface area (Å²) < 4.78 is 5.81. The van der Waals surface area contributed by atoms with E-state index in [1.807, 2.05) is 26.0 Å². The average Bonchev–Trinajstić information content (AvgIpc) is 2.41. The van der Waals surface area contributed by atoms with Crippen LogP contribution in [0.5, 0.6) is 5.75 Å². The molecule has 20 heavy (non-hydrogen) atoms. The third kappa shape index (κ3) is 3.53. The predicted molar refractivity (Wildman–Crippen MR) is 84.3 cm³/mol. The van der Waals surface area contributed by atoms with Crippen LogP contribution in [-0.4, -0.2) is 25.5 Å². The van der Waals surface area contributed by atoms with E-state index in [-0.39, 0.29) is 24.1 Å². The third-order valence-electron chi connectivity index (χ3n) is 3.84. The molecule has 1 aromatic carbocycles. The second kappa shape index (κ2) is 7.65. The summed E-state index contributed by atoms with van der Waals surface area (Å²) >= 11 is 0. The van der Waals surface area contributed by atoms with E-state index in [0.717, 1.165) is 29.8 Å². The van der Waals surface area contributed by atoms with Crippen molar-refractivity contribution >= 4 is 18.2 Å². The molecule has 0 spiro atoms. The maximum absolute atomic E-state index is 12.4. The molecule has 1 atom stereocenters. The van der Waals surface area contributed by atoms with Gasteiger partial charge in [-0.05, 0) is 44.0 Å². The largest absolute Gasteiger partial charge is 0.492 e. The second-order valence-electron chi connectivity index (χ2n) is 5.31. The molecule has 1 N–H and O–H groups in total. The lowest BCUT2D eigenvalue weighted by atomic mass is 9.92. The standard InChI is InChI=1S/C16H23NO2.ClH/c1-4-5-8-17-9-13-10-19-16-12(3)11(2)6-7-14(16)15(13)18;/h6-7,13,17H,4-5,8-10H2,1-3H3;1H. The summed E-state index contributed by atoms with van der Waals surface area (Å²) in [5.41, 5.74) is 3.01. The number of Topliss-reactive ketones (excluding diaryl/α,β-unsaturated/α-hetero) is 1. The Balaban J connectivity index is 0.00000200. The van der Waals surface area contributed by atoms with Crippen LogP contribution in [0, 0.1) is 19.8 Å². The fraction of sp³-hybridized carbons (Fsp3) is 0.562. The number of benzene rings is 1. The lowest BCUT2D eigenvalue weighted by Gasteiger charge is -2.26. The molecule has 3 nitrogen and oxygen atoms in total. The number of aryl methyl sites for hydroxylation is 1. The summed E-state index contributed by atoms with van der Waals surface area (Å²) in [6, 6.07) is 3.90. The molecule has 1 aliphatic rings. The average molecular weight is 298 g/mol. The summed E-state index contributed by atoms with van der Waals surface area (Å²) in [4.78, 5) is 12.4. The van der Waals surface area contributed by atoms with Gasteiger partial charge in [-0.25, -0.2) is 0 Å². The number of ether oxygens (including phenoxy) is 1. The van der Waals surface area contributed by atoms with Crippen molar-refractivity contribution in [2.24, 2.45) is 5.92 Å². The number of halogens is 1. The highest BCUT2D eigenvalue weighted by Gasteiger charge is 2.29. The first kappa shape index (κ1) is 17.0. The van der Waals surface area contributed by atoms with Crippen molar-refractivity contribution in [1.82, 2.24) is 5.32 Å². The van der Waals surface area contributed by atoms with Crippen LogP contribution in [0.4, 0.5) is 0 Å². The van der Waals surface area contributed by atoms with Gasteiger partial charge in [0.2, 0.25) is 0 Å². The maximum Gasteiger partial charge on any atom is 0.174 e. The van der Waals surface area contributed by atoms with E-state index in [4.69, 9.17) is 4.74 Å². The van der Waals surface area contributed by atoms with Crippen molar-refractivity contribution in [1.29, 1.82) is 0 Å². The summed E-state index contributed by atoms with van der Waals surface area (Å²) in [5.74, 6) is 0.953. The molecule has 1 aliphatic heterocycles. The van der Waals surface area contributed by atoms with Crippen LogP contribution in [0.1, 0.15) is 41.3 Å². The zero-order valence-corrected chi connectivity index (χ0v) is 13.3. The summed E-state index contributed by atoms with van der Waals surface area (Å²) in [6.45, 7) is 8.40. The Morgan fingerprint density at radius 3 is 2.80 bits per heavy atom. The molecule has 0 fully saturated rings. The third-order valence-corrected chi connectivity index (χ3v) is 3.84. The lowest BCUT2D eigenvalue weighted by molar-refractivity contribution is 0.0828. The Morgan fingerprint density at radius 2 is 2.10 bits per heavy atom. The first-order chi connectivity index (χ1) is 9.15. The molecule has 1 unspecified atom stereocenters. The molecule has 112 valence electrons. The Labute approximate surface area is 127 Å². The van der Waals surface area contributed by atoms with Gasteiger partial charge >= 0.3 is 0 Å². The van der Waals surface area contributed by atoms with E-state index < -0.39 is 0 Å². The Morgan fingerprint density at radius 1 is 1.35 bits per heavy atom. The van der Waals surface area contributed by atoms with E-state index in [2.05, 4.69) is 12.2 Å². The first-order valence-electron chi connectivity index (χ1n) is 7.13. The molecule has 0 aliphatic carbocycles. The highest BCUT2D eigenvalue weighted by molar-refractivity contribution is 6.02. The normalized spacial score (nSPS) is 17.1. The van der Waals surface area contributed by atoms with Crippen LogP contribution in [0.2, 0.25) is 0 Å². The van der Waals surface area contributed by atoms with Gasteiger partial charge in [0.1, 0.15) is 5.75 Å². The van der Waals surface area contributed by atoms with Crippen LogP contribution < -0.4 is 10.1 Å². The molecule has 2 rings (SSSR count). The number of rotatable bonds is 5. The Kier molecular flexibility index (Phi) is 6.50. The van der Waals surface area contributed by atoms with Crippen LogP contribution in [0.15, 0.2) is 12.1 Å². The molecule has 1 heterocycles. The van der Waals surface area contributed by atoms with Gasteiger partial charge in [-0.15, -0.1) is 12.4 Å². The molecule has 0 aromatic heterocycles. The first-order valence-corrected chi connectivity index (χ1v) is 7.13. The van der Waals surface area contributed by atoms with Crippen LogP contribution >= 0.6 is 12.4 Å². The van der Waals surface area contributed by atoms with Crippen molar-refractivity contribution in [3.8, 4) is 5.75 Å². The minimum absolute atomic E-state index is 0. The quantitative estimate of drug-likeness (QED) is 0.848. The summed E-state index contributed by atoms with van der Waals surface area (Å²) in [7, 11) is 0. The van der Waals surface area contributed by atoms with Gasteiger partial charge in [-0.1, -0.05) is 19.4 Å². The van der Waals surface area contributed by atoms with Crippen molar-refractivity contribution < 1.29 is 9.53 Å². The molecule has 1 aromatic rings. The molecule has 0 amide bonds. The van der Waals surface area contributed by atoms with Crippen LogP contribution in [0.25, 0.3) is 0 Å². The van der Waals surface area contributed by atoms with E-state index in [1.54, 1.807) is 0 Å². The molecule has 4 heteroatoms. The van der Waals surface area contributed by atoms with Crippen LogP contribution in [-0.2, 0) is 0 Å². The smallest absolute Gasteiger partial charge is 0.174 e. The van der Waals surface area contributed by atoms with Crippen molar-refractivity contribution in [3.05, 3.63) is 28.8 Å². The van der Waals surface area contributed by atoms with Gasteiger partial charge < -0.3 is 10.1 Å². The minimum Gasteiger partial charge on any atom is -0.492 e. The number of carbonyl (C=O) groups is 1. The predicted octanol–water partition coefficient (Wildman–Crippen LogP) is 3.31. The number of nitrogens with one attached hydrogen (secondary N) is 1. The number of fused-ring (bicyclic) bond motifs is 1. The van der Waals surface area contributed by atoms with Crippen molar-refractivity contribution in [3.63, 3.8) is 0 Å². The van der Waals surface area contributed by atoms with E-state index >= 15 is 0 Å². The highest BCUT2D eigenvalue weighted by Crippen LogP contribution is 2.32. The van der Waals surface area contributed by atoms with Gasteiger partial charge in [0.25, 0.3) is 0 Å². The molecule has 0 saturated heterocycles. The number of carbonyl (C=O) groups excluding carboxylic acids is 1. The zero-order chi connectivity index (χ0) is 13.8.